The number of hydrogen-bond donors (Lipinski definition) is 1. The van der Waals surface area contributed by atoms with Crippen LogP contribution in [0.1, 0.15) is 37.7 Å². The number of nitrogens with one attached hydrogen (secondary N) is 1. The third kappa shape index (κ3) is 3.89. The van der Waals surface area contributed by atoms with Gasteiger partial charge in [-0.15, -0.1) is 0 Å². The Balaban J connectivity index is 1.36. The Kier molecular flexibility index (Phi) is 5.18. The topological polar surface area (TPSA) is 50.8 Å². The van der Waals surface area contributed by atoms with Gasteiger partial charge in [0.2, 0.25) is 5.91 Å². The molecule has 1 atom stereocenters. The summed E-state index contributed by atoms with van der Waals surface area (Å²) in [4.78, 5) is 14.8. The molecule has 2 saturated heterocycles. The van der Waals surface area contributed by atoms with Crippen molar-refractivity contribution in [2.24, 2.45) is 11.3 Å². The summed E-state index contributed by atoms with van der Waals surface area (Å²) in [6.07, 6.45) is 5.45. The van der Waals surface area contributed by atoms with Gasteiger partial charge < -0.3 is 14.8 Å². The van der Waals surface area contributed by atoms with E-state index in [-0.39, 0.29) is 23.3 Å². The van der Waals surface area contributed by atoms with Crippen LogP contribution in [0.4, 0.5) is 0 Å². The second-order valence-electron chi connectivity index (χ2n) is 8.15. The van der Waals surface area contributed by atoms with E-state index < -0.39 is 0 Å². The number of nitrogens with zero attached hydrogens (tertiary/aromatic N) is 1. The fourth-order valence-corrected chi connectivity index (χ4v) is 4.44. The van der Waals surface area contributed by atoms with E-state index in [1.54, 1.807) is 7.11 Å². The first-order valence-corrected chi connectivity index (χ1v) is 9.92. The van der Waals surface area contributed by atoms with E-state index in [1.807, 2.05) is 6.07 Å². The number of hydrogen-bond acceptors (Lipinski definition) is 4. The highest BCUT2D eigenvalue weighted by Crippen LogP contribution is 2.42. The summed E-state index contributed by atoms with van der Waals surface area (Å²) in [5.41, 5.74) is 1.51. The molecule has 1 aromatic rings. The monoisotopic (exact) mass is 358 g/mol. The van der Waals surface area contributed by atoms with E-state index >= 15 is 0 Å². The predicted octanol–water partition coefficient (Wildman–Crippen LogP) is 2.59. The molecule has 1 amide bonds. The van der Waals surface area contributed by atoms with Crippen LogP contribution in [0.15, 0.2) is 24.3 Å². The van der Waals surface area contributed by atoms with Gasteiger partial charge in [0.05, 0.1) is 19.8 Å². The smallest absolute Gasteiger partial charge is 0.223 e. The van der Waals surface area contributed by atoms with Crippen molar-refractivity contribution >= 4 is 5.91 Å². The second-order valence-corrected chi connectivity index (χ2v) is 8.15. The molecule has 0 aromatic heterocycles. The number of rotatable bonds is 5. The summed E-state index contributed by atoms with van der Waals surface area (Å²) < 4.78 is 11.1. The number of benzene rings is 1. The van der Waals surface area contributed by atoms with Crippen LogP contribution in [0.5, 0.6) is 5.75 Å². The molecule has 0 bridgehead atoms. The van der Waals surface area contributed by atoms with Gasteiger partial charge in [-0.05, 0) is 68.3 Å². The van der Waals surface area contributed by atoms with Crippen molar-refractivity contribution in [3.05, 3.63) is 29.8 Å². The van der Waals surface area contributed by atoms with Gasteiger partial charge in [0.1, 0.15) is 5.75 Å². The van der Waals surface area contributed by atoms with Crippen LogP contribution in [0.2, 0.25) is 0 Å². The maximum atomic E-state index is 12.3. The minimum absolute atomic E-state index is 0.184. The third-order valence-electron chi connectivity index (χ3n) is 6.42. The summed E-state index contributed by atoms with van der Waals surface area (Å²) >= 11 is 0. The standard InChI is InChI=1S/C21H30N2O3/c1-25-18-4-2-3-16(13-18)14-23-10-7-21(8-11-23)9-12-26-15-19(21)22-20(24)17-5-6-17/h2-4,13,17,19H,5-12,14-15H2,1H3,(H,22,24)/t19-/m0/s1. The number of likely N-dealkylation sites (tertiary alicyclic amines) is 1. The zero-order chi connectivity index (χ0) is 18.0. The Morgan fingerprint density at radius 1 is 1.31 bits per heavy atom. The van der Waals surface area contributed by atoms with Crippen LogP contribution in [0.25, 0.3) is 0 Å². The molecule has 1 saturated carbocycles. The van der Waals surface area contributed by atoms with E-state index in [2.05, 4.69) is 28.4 Å². The van der Waals surface area contributed by atoms with Gasteiger partial charge in [0, 0.05) is 19.1 Å². The highest BCUT2D eigenvalue weighted by Gasteiger charge is 2.45. The molecule has 3 aliphatic rings. The average Bonchev–Trinajstić information content (AvgIpc) is 3.51. The maximum Gasteiger partial charge on any atom is 0.223 e. The van der Waals surface area contributed by atoms with Gasteiger partial charge in [-0.3, -0.25) is 9.69 Å². The number of amides is 1. The van der Waals surface area contributed by atoms with Crippen LogP contribution in [0.3, 0.4) is 0 Å². The maximum absolute atomic E-state index is 12.3. The van der Waals surface area contributed by atoms with Gasteiger partial charge in [0.15, 0.2) is 0 Å². The van der Waals surface area contributed by atoms with Crippen LogP contribution in [0, 0.1) is 11.3 Å². The summed E-state index contributed by atoms with van der Waals surface area (Å²) in [6.45, 7) is 4.61. The van der Waals surface area contributed by atoms with Crippen molar-refractivity contribution in [1.82, 2.24) is 10.2 Å². The predicted molar refractivity (Wildman–Crippen MR) is 100 cm³/mol. The number of carbonyl (C=O) groups excluding carboxylic acids is 1. The molecule has 0 unspecified atom stereocenters. The fraction of sp³-hybridized carbons (Fsp3) is 0.667. The lowest BCUT2D eigenvalue weighted by Gasteiger charge is -2.49. The van der Waals surface area contributed by atoms with Gasteiger partial charge in [-0.1, -0.05) is 12.1 Å². The third-order valence-corrected chi connectivity index (χ3v) is 6.42. The number of carbonyl (C=O) groups is 1. The molecule has 1 N–H and O–H groups in total. The Labute approximate surface area is 156 Å². The first kappa shape index (κ1) is 17.8. The van der Waals surface area contributed by atoms with Crippen LogP contribution < -0.4 is 10.1 Å². The highest BCUT2D eigenvalue weighted by molar-refractivity contribution is 5.81. The molecule has 5 nitrogen and oxygen atoms in total. The molecule has 4 rings (SSSR count). The van der Waals surface area contributed by atoms with Gasteiger partial charge in [-0.25, -0.2) is 0 Å². The number of piperidine rings is 1. The summed E-state index contributed by atoms with van der Waals surface area (Å²) in [6, 6.07) is 8.52. The summed E-state index contributed by atoms with van der Waals surface area (Å²) in [7, 11) is 1.71. The van der Waals surface area contributed by atoms with Gasteiger partial charge in [0.25, 0.3) is 0 Å². The van der Waals surface area contributed by atoms with E-state index in [1.165, 1.54) is 5.56 Å². The van der Waals surface area contributed by atoms with Crippen molar-refractivity contribution in [3.8, 4) is 5.75 Å². The van der Waals surface area contributed by atoms with Crippen molar-refractivity contribution in [2.75, 3.05) is 33.4 Å². The SMILES string of the molecule is COc1cccc(CN2CCC3(CCOC[C@@H]3NC(=O)C3CC3)CC2)c1. The molecule has 142 valence electrons. The van der Waals surface area contributed by atoms with Crippen molar-refractivity contribution in [3.63, 3.8) is 0 Å². The van der Waals surface area contributed by atoms with Crippen LogP contribution >= 0.6 is 0 Å². The molecule has 1 aliphatic carbocycles. The first-order chi connectivity index (χ1) is 12.7. The summed E-state index contributed by atoms with van der Waals surface area (Å²) in [5, 5.41) is 3.32. The van der Waals surface area contributed by atoms with E-state index in [0.29, 0.717) is 6.61 Å². The molecule has 1 aromatic carbocycles. The zero-order valence-corrected chi connectivity index (χ0v) is 15.7. The number of ether oxygens (including phenoxy) is 2. The Morgan fingerprint density at radius 2 is 2.12 bits per heavy atom. The largest absolute Gasteiger partial charge is 0.497 e. The molecular formula is C21H30N2O3. The van der Waals surface area contributed by atoms with E-state index in [4.69, 9.17) is 9.47 Å². The molecule has 26 heavy (non-hydrogen) atoms. The van der Waals surface area contributed by atoms with Crippen molar-refractivity contribution in [1.29, 1.82) is 0 Å². The zero-order valence-electron chi connectivity index (χ0n) is 15.7. The second kappa shape index (κ2) is 7.57. The first-order valence-electron chi connectivity index (χ1n) is 9.92. The minimum atomic E-state index is 0.184. The van der Waals surface area contributed by atoms with E-state index in [9.17, 15) is 4.79 Å². The lowest BCUT2D eigenvalue weighted by atomic mass is 9.69. The van der Waals surface area contributed by atoms with E-state index in [0.717, 1.165) is 64.1 Å². The van der Waals surface area contributed by atoms with Crippen LogP contribution in [-0.4, -0.2) is 50.3 Å². The van der Waals surface area contributed by atoms with Crippen molar-refractivity contribution < 1.29 is 14.3 Å². The molecule has 5 heteroatoms. The quantitative estimate of drug-likeness (QED) is 0.879. The molecule has 3 fully saturated rings. The number of methoxy groups -OCH3 is 1. The minimum Gasteiger partial charge on any atom is -0.497 e. The molecule has 2 aliphatic heterocycles. The Hall–Kier alpha value is -1.59. The lowest BCUT2D eigenvalue weighted by molar-refractivity contribution is -0.127. The normalized spacial score (nSPS) is 25.8. The lowest BCUT2D eigenvalue weighted by Crippen LogP contribution is -2.57. The highest BCUT2D eigenvalue weighted by atomic mass is 16.5. The molecule has 2 heterocycles. The Bertz CT molecular complexity index is 636. The molecular weight excluding hydrogens is 328 g/mol. The van der Waals surface area contributed by atoms with Crippen molar-refractivity contribution in [2.45, 2.75) is 44.7 Å². The van der Waals surface area contributed by atoms with Gasteiger partial charge in [-0.2, -0.15) is 0 Å². The molecule has 1 spiro atoms. The molecule has 0 radical (unpaired) electrons. The van der Waals surface area contributed by atoms with Crippen LogP contribution in [-0.2, 0) is 16.1 Å². The Morgan fingerprint density at radius 3 is 2.85 bits per heavy atom. The summed E-state index contributed by atoms with van der Waals surface area (Å²) in [5.74, 6) is 1.43. The fourth-order valence-electron chi connectivity index (χ4n) is 4.44. The van der Waals surface area contributed by atoms with Gasteiger partial charge >= 0.3 is 0 Å². The average molecular weight is 358 g/mol.